The monoisotopic (exact) mass is 1450 g/mol. The van der Waals surface area contributed by atoms with Crippen molar-refractivity contribution in [3.63, 3.8) is 0 Å². The summed E-state index contributed by atoms with van der Waals surface area (Å²) in [7, 11) is -9.92. The standard InChI is InChI=1S/C80H156O17P2/c1-70(2)56-48-40-32-25-19-13-10-9-11-15-23-29-37-46-54-62-79(84)97-76(67-91-78(83)61-53-45-39-31-35-43-51-59-73(7)8)69-95-99(88,89)93-65-74(81)64-92-98(86,87)94-68-75(96-80(85)63-55-47-38-30-24-18-17-21-27-34-42-50-58-72(5)6)66-90-77(82)60-52-44-36-28-22-16-12-14-20-26-33-41-49-57-71(3)4/h70-76,81H,9-69H2,1-8H3,(H,86,87)(H,88,89)/t74?,75-,76-/m1/s1. The highest BCUT2D eigenvalue weighted by Crippen LogP contribution is 2.45. The molecular weight excluding hydrogens is 1290 g/mol. The zero-order valence-electron chi connectivity index (χ0n) is 65.1. The number of phosphoric acid groups is 2. The summed E-state index contributed by atoms with van der Waals surface area (Å²) in [6.07, 6.45) is 55.5. The van der Waals surface area contributed by atoms with Crippen molar-refractivity contribution in [2.75, 3.05) is 39.6 Å². The molecule has 0 aliphatic rings. The van der Waals surface area contributed by atoms with Gasteiger partial charge in [0.25, 0.3) is 0 Å². The van der Waals surface area contributed by atoms with E-state index in [0.29, 0.717) is 31.6 Å². The van der Waals surface area contributed by atoms with Crippen LogP contribution < -0.4 is 0 Å². The van der Waals surface area contributed by atoms with E-state index < -0.39 is 97.5 Å². The number of unbranched alkanes of at least 4 members (excludes halogenated alkanes) is 43. The maximum absolute atomic E-state index is 13.1. The molecule has 0 aromatic carbocycles. The Balaban J connectivity index is 5.24. The Labute approximate surface area is 607 Å². The molecule has 3 unspecified atom stereocenters. The first-order chi connectivity index (χ1) is 47.6. The molecule has 19 heteroatoms. The molecule has 0 aliphatic heterocycles. The molecule has 0 amide bonds. The van der Waals surface area contributed by atoms with E-state index in [-0.39, 0.29) is 25.7 Å². The molecule has 0 spiro atoms. The first-order valence-corrected chi connectivity index (χ1v) is 44.2. The van der Waals surface area contributed by atoms with E-state index in [1.807, 2.05) is 0 Å². The van der Waals surface area contributed by atoms with Crippen molar-refractivity contribution in [2.24, 2.45) is 23.7 Å². The summed E-state index contributed by atoms with van der Waals surface area (Å²) in [6, 6.07) is 0. The lowest BCUT2D eigenvalue weighted by Gasteiger charge is -2.21. The normalized spacial score (nSPS) is 14.1. The molecule has 3 N–H and O–H groups in total. The summed E-state index contributed by atoms with van der Waals surface area (Å²) in [5.41, 5.74) is 0. The van der Waals surface area contributed by atoms with Crippen LogP contribution in [0.5, 0.6) is 0 Å². The minimum Gasteiger partial charge on any atom is -0.462 e. The predicted octanol–water partition coefficient (Wildman–Crippen LogP) is 23.6. The van der Waals surface area contributed by atoms with E-state index >= 15 is 0 Å². The van der Waals surface area contributed by atoms with Crippen molar-refractivity contribution >= 4 is 39.5 Å². The predicted molar refractivity (Wildman–Crippen MR) is 404 cm³/mol. The lowest BCUT2D eigenvalue weighted by Crippen LogP contribution is -2.30. The molecule has 0 saturated heterocycles. The van der Waals surface area contributed by atoms with Gasteiger partial charge in [0.1, 0.15) is 19.3 Å². The molecule has 0 bridgehead atoms. The summed E-state index contributed by atoms with van der Waals surface area (Å²) in [5, 5.41) is 10.6. The quantitative estimate of drug-likeness (QED) is 0.0222. The van der Waals surface area contributed by atoms with E-state index in [1.54, 1.807) is 0 Å². The highest BCUT2D eigenvalue weighted by Gasteiger charge is 2.30. The minimum atomic E-state index is -4.96. The molecule has 0 aromatic heterocycles. The molecule has 5 atom stereocenters. The number of aliphatic hydroxyl groups is 1. The molecular formula is C80H156O17P2. The first-order valence-electron chi connectivity index (χ1n) is 41.2. The second-order valence-electron chi connectivity index (χ2n) is 30.7. The lowest BCUT2D eigenvalue weighted by atomic mass is 10.0. The van der Waals surface area contributed by atoms with Crippen LogP contribution in [0.3, 0.4) is 0 Å². The van der Waals surface area contributed by atoms with Crippen molar-refractivity contribution in [3.05, 3.63) is 0 Å². The Morgan fingerprint density at radius 3 is 0.626 bits per heavy atom. The molecule has 0 radical (unpaired) electrons. The number of carbonyl (C=O) groups is 4. The third-order valence-electron chi connectivity index (χ3n) is 18.6. The van der Waals surface area contributed by atoms with Crippen LogP contribution in [0.1, 0.15) is 409 Å². The second kappa shape index (κ2) is 69.1. The van der Waals surface area contributed by atoms with E-state index in [4.69, 9.17) is 37.0 Å². The van der Waals surface area contributed by atoms with Crippen molar-refractivity contribution in [1.29, 1.82) is 0 Å². The molecule has 0 rings (SSSR count). The minimum absolute atomic E-state index is 0.107. The summed E-state index contributed by atoms with van der Waals surface area (Å²) in [5.74, 6) is 0.960. The van der Waals surface area contributed by atoms with Crippen molar-refractivity contribution in [2.45, 2.75) is 427 Å². The molecule has 0 fully saturated rings. The zero-order chi connectivity index (χ0) is 73.1. The maximum Gasteiger partial charge on any atom is 0.472 e. The van der Waals surface area contributed by atoms with Gasteiger partial charge in [-0.2, -0.15) is 0 Å². The first kappa shape index (κ1) is 97.1. The molecule has 0 aliphatic carbocycles. The van der Waals surface area contributed by atoms with Crippen LogP contribution in [-0.4, -0.2) is 96.7 Å². The van der Waals surface area contributed by atoms with Gasteiger partial charge < -0.3 is 33.8 Å². The van der Waals surface area contributed by atoms with E-state index in [2.05, 4.69) is 55.4 Å². The fourth-order valence-electron chi connectivity index (χ4n) is 12.3. The Kier molecular flexibility index (Phi) is 67.8. The van der Waals surface area contributed by atoms with Gasteiger partial charge in [-0.3, -0.25) is 37.3 Å². The van der Waals surface area contributed by atoms with Crippen molar-refractivity contribution in [1.82, 2.24) is 0 Å². The third-order valence-corrected chi connectivity index (χ3v) is 20.5. The number of phosphoric ester groups is 2. The van der Waals surface area contributed by atoms with Crippen LogP contribution >= 0.6 is 15.6 Å². The van der Waals surface area contributed by atoms with Gasteiger partial charge in [-0.25, -0.2) is 9.13 Å². The van der Waals surface area contributed by atoms with Crippen molar-refractivity contribution < 1.29 is 80.2 Å². The molecule has 0 aromatic rings. The van der Waals surface area contributed by atoms with Crippen LogP contribution in [0.15, 0.2) is 0 Å². The largest absolute Gasteiger partial charge is 0.472 e. The highest BCUT2D eigenvalue weighted by molar-refractivity contribution is 7.47. The number of aliphatic hydroxyl groups excluding tert-OH is 1. The topological polar surface area (TPSA) is 237 Å². The lowest BCUT2D eigenvalue weighted by molar-refractivity contribution is -0.161. The van der Waals surface area contributed by atoms with Crippen LogP contribution in [0.4, 0.5) is 0 Å². The van der Waals surface area contributed by atoms with Gasteiger partial charge in [0.15, 0.2) is 12.2 Å². The van der Waals surface area contributed by atoms with Crippen LogP contribution in [0.2, 0.25) is 0 Å². The third kappa shape index (κ3) is 74.1. The Morgan fingerprint density at radius 2 is 0.424 bits per heavy atom. The number of ether oxygens (including phenoxy) is 4. The average molecular weight is 1450 g/mol. The summed E-state index contributed by atoms with van der Waals surface area (Å²) >= 11 is 0. The van der Waals surface area contributed by atoms with Gasteiger partial charge in [-0.1, -0.05) is 357 Å². The molecule has 17 nitrogen and oxygen atoms in total. The SMILES string of the molecule is CC(C)CCCCCCCCCCCCCCCCCC(=O)O[C@H](COC(=O)CCCCCCCCCC(C)C)COP(=O)(O)OCC(O)COP(=O)(O)OC[C@@H](COC(=O)CCCCCCCCCCCCCCCC(C)C)OC(=O)CCCCCCCCCCCCCCC(C)C. The maximum atomic E-state index is 13.1. The van der Waals surface area contributed by atoms with Gasteiger partial charge in [0.05, 0.1) is 26.4 Å². The van der Waals surface area contributed by atoms with Crippen molar-refractivity contribution in [3.8, 4) is 0 Å². The Bertz CT molecular complexity index is 1940. The highest BCUT2D eigenvalue weighted by atomic mass is 31.2. The van der Waals surface area contributed by atoms with E-state index in [9.17, 15) is 43.2 Å². The smallest absolute Gasteiger partial charge is 0.462 e. The van der Waals surface area contributed by atoms with Crippen LogP contribution in [0, 0.1) is 23.7 Å². The second-order valence-corrected chi connectivity index (χ2v) is 33.6. The van der Waals surface area contributed by atoms with Crippen LogP contribution in [-0.2, 0) is 65.4 Å². The van der Waals surface area contributed by atoms with Gasteiger partial charge in [-0.05, 0) is 49.4 Å². The number of hydrogen-bond donors (Lipinski definition) is 3. The number of esters is 4. The van der Waals surface area contributed by atoms with Gasteiger partial charge in [0.2, 0.25) is 0 Å². The van der Waals surface area contributed by atoms with Gasteiger partial charge >= 0.3 is 39.5 Å². The molecule has 0 heterocycles. The Morgan fingerprint density at radius 1 is 0.253 bits per heavy atom. The fourth-order valence-corrected chi connectivity index (χ4v) is 13.8. The molecule has 0 saturated carbocycles. The Hall–Kier alpha value is -1.94. The number of carbonyl (C=O) groups excluding carboxylic acids is 4. The summed E-state index contributed by atoms with van der Waals surface area (Å²) in [6.45, 7) is 14.2. The van der Waals surface area contributed by atoms with Crippen LogP contribution in [0.25, 0.3) is 0 Å². The zero-order valence-corrected chi connectivity index (χ0v) is 66.9. The van der Waals surface area contributed by atoms with Gasteiger partial charge in [-0.15, -0.1) is 0 Å². The summed E-state index contributed by atoms with van der Waals surface area (Å²) in [4.78, 5) is 73.0. The molecule has 588 valence electrons. The average Bonchev–Trinajstić information content (AvgIpc) is 1.28. The molecule has 99 heavy (non-hydrogen) atoms. The van der Waals surface area contributed by atoms with E-state index in [1.165, 1.54) is 205 Å². The number of hydrogen-bond acceptors (Lipinski definition) is 15. The fraction of sp³-hybridized carbons (Fsp3) is 0.950. The summed E-state index contributed by atoms with van der Waals surface area (Å²) < 4.78 is 68.7. The number of rotatable bonds is 77. The van der Waals surface area contributed by atoms with Gasteiger partial charge in [0, 0.05) is 25.7 Å². The van der Waals surface area contributed by atoms with E-state index in [0.717, 1.165) is 114 Å².